The lowest BCUT2D eigenvalue weighted by Crippen LogP contribution is -2.23. The molecule has 206 valence electrons. The molecule has 0 fully saturated rings. The van der Waals surface area contributed by atoms with E-state index in [4.69, 9.17) is 15.2 Å². The van der Waals surface area contributed by atoms with Crippen LogP contribution >= 0.6 is 0 Å². The Balaban J connectivity index is 1.38. The third-order valence-electron chi connectivity index (χ3n) is 6.19. The lowest BCUT2D eigenvalue weighted by Gasteiger charge is -2.14. The molecular formula is C31H30FN3O5. The van der Waals surface area contributed by atoms with Crippen LogP contribution < -0.4 is 26.1 Å². The molecular weight excluding hydrogens is 513 g/mol. The van der Waals surface area contributed by atoms with Gasteiger partial charge in [-0.25, -0.2) is 4.39 Å². The summed E-state index contributed by atoms with van der Waals surface area (Å²) in [7, 11) is 0. The number of pyridine rings is 1. The van der Waals surface area contributed by atoms with Gasteiger partial charge in [-0.05, 0) is 79.6 Å². The van der Waals surface area contributed by atoms with E-state index >= 15 is 0 Å². The van der Waals surface area contributed by atoms with Crippen molar-refractivity contribution in [2.75, 3.05) is 24.2 Å². The highest BCUT2D eigenvalue weighted by Crippen LogP contribution is 2.25. The molecule has 0 aliphatic rings. The molecule has 8 nitrogen and oxygen atoms in total. The van der Waals surface area contributed by atoms with Crippen molar-refractivity contribution >= 4 is 23.3 Å². The van der Waals surface area contributed by atoms with Crippen molar-refractivity contribution in [3.63, 3.8) is 0 Å². The summed E-state index contributed by atoms with van der Waals surface area (Å²) in [6.45, 7) is 4.33. The van der Waals surface area contributed by atoms with Crippen molar-refractivity contribution in [2.24, 2.45) is 0 Å². The molecule has 4 aromatic rings. The monoisotopic (exact) mass is 543 g/mol. The van der Waals surface area contributed by atoms with E-state index in [0.717, 1.165) is 5.69 Å². The van der Waals surface area contributed by atoms with Crippen LogP contribution in [0.1, 0.15) is 41.3 Å². The fraction of sp³-hybridized carbons (Fsp3) is 0.194. The molecule has 0 aliphatic carbocycles. The first-order valence-corrected chi connectivity index (χ1v) is 12.9. The molecule has 0 amide bonds. The molecule has 0 aliphatic heterocycles. The first-order valence-electron chi connectivity index (χ1n) is 12.9. The van der Waals surface area contributed by atoms with Crippen molar-refractivity contribution in [3.8, 4) is 17.2 Å². The van der Waals surface area contributed by atoms with Crippen LogP contribution in [0.2, 0.25) is 0 Å². The molecule has 3 N–H and O–H groups in total. The van der Waals surface area contributed by atoms with E-state index in [1.165, 1.54) is 34.9 Å². The first kappa shape index (κ1) is 28.1. The zero-order chi connectivity index (χ0) is 28.6. The number of halogens is 1. The largest absolute Gasteiger partial charge is 0.494 e. The summed E-state index contributed by atoms with van der Waals surface area (Å²) in [5.41, 5.74) is 7.84. The first-order chi connectivity index (χ1) is 19.3. The van der Waals surface area contributed by atoms with Gasteiger partial charge >= 0.3 is 5.97 Å². The maximum atomic E-state index is 13.7. The van der Waals surface area contributed by atoms with Crippen LogP contribution in [0.5, 0.6) is 11.5 Å². The van der Waals surface area contributed by atoms with Crippen LogP contribution in [0.3, 0.4) is 0 Å². The molecule has 0 unspecified atom stereocenters. The molecule has 1 aromatic heterocycles. The molecule has 9 heteroatoms. The van der Waals surface area contributed by atoms with Crippen LogP contribution in [0.25, 0.3) is 5.69 Å². The lowest BCUT2D eigenvalue weighted by atomic mass is 10.0. The predicted molar refractivity (Wildman–Crippen MR) is 152 cm³/mol. The summed E-state index contributed by atoms with van der Waals surface area (Å²) < 4.78 is 26.1. The van der Waals surface area contributed by atoms with Gasteiger partial charge < -0.3 is 20.5 Å². The number of nitrogens with one attached hydrogen (secondary N) is 1. The van der Waals surface area contributed by atoms with Crippen molar-refractivity contribution in [1.82, 2.24) is 4.57 Å². The van der Waals surface area contributed by atoms with Crippen molar-refractivity contribution in [1.29, 1.82) is 0 Å². The highest BCUT2D eigenvalue weighted by Gasteiger charge is 2.18. The SMILES string of the molecule is CCC(=O)Oc1ccccc1NCCCOc1ccc(-n2c(N)c(C(=O)c3ccc(F)c(C)c3)ccc2=O)cc1. The third kappa shape index (κ3) is 6.55. The van der Waals surface area contributed by atoms with Gasteiger partial charge in [-0.2, -0.15) is 0 Å². The van der Waals surface area contributed by atoms with Crippen LogP contribution in [0.4, 0.5) is 15.9 Å². The number of esters is 1. The maximum absolute atomic E-state index is 13.7. The Morgan fingerprint density at radius 1 is 1.00 bits per heavy atom. The van der Waals surface area contributed by atoms with E-state index in [2.05, 4.69) is 5.32 Å². The van der Waals surface area contributed by atoms with Gasteiger partial charge in [0, 0.05) is 24.6 Å². The topological polar surface area (TPSA) is 113 Å². The minimum absolute atomic E-state index is 0.0101. The van der Waals surface area contributed by atoms with Crippen molar-refractivity contribution in [2.45, 2.75) is 26.7 Å². The third-order valence-corrected chi connectivity index (χ3v) is 6.19. The van der Waals surface area contributed by atoms with Gasteiger partial charge in [0.1, 0.15) is 17.4 Å². The number of ketones is 1. The Morgan fingerprint density at radius 3 is 2.48 bits per heavy atom. The molecule has 40 heavy (non-hydrogen) atoms. The number of anilines is 2. The number of para-hydroxylation sites is 2. The van der Waals surface area contributed by atoms with E-state index in [1.807, 2.05) is 12.1 Å². The van der Waals surface area contributed by atoms with E-state index in [0.29, 0.717) is 48.7 Å². The number of nitrogen functional groups attached to an aromatic ring is 1. The Bertz CT molecular complexity index is 1580. The number of carbonyl (C=O) groups is 2. The number of nitrogens with two attached hydrogens (primary N) is 1. The molecule has 3 aromatic carbocycles. The summed E-state index contributed by atoms with van der Waals surface area (Å²) in [4.78, 5) is 37.3. The van der Waals surface area contributed by atoms with Crippen molar-refractivity contribution < 1.29 is 23.5 Å². The van der Waals surface area contributed by atoms with E-state index in [9.17, 15) is 18.8 Å². The predicted octanol–water partition coefficient (Wildman–Crippen LogP) is 5.29. The summed E-state index contributed by atoms with van der Waals surface area (Å²) >= 11 is 0. The molecule has 0 radical (unpaired) electrons. The molecule has 0 saturated heterocycles. The number of ether oxygens (including phenoxy) is 2. The fourth-order valence-electron chi connectivity index (χ4n) is 4.03. The number of rotatable bonds is 11. The Morgan fingerprint density at radius 2 is 1.75 bits per heavy atom. The van der Waals surface area contributed by atoms with Gasteiger partial charge in [-0.3, -0.25) is 19.0 Å². The van der Waals surface area contributed by atoms with Gasteiger partial charge in [0.25, 0.3) is 5.56 Å². The van der Waals surface area contributed by atoms with Gasteiger partial charge in [-0.1, -0.05) is 19.1 Å². The van der Waals surface area contributed by atoms with Crippen LogP contribution in [0, 0.1) is 12.7 Å². The van der Waals surface area contributed by atoms with Crippen LogP contribution in [-0.4, -0.2) is 29.5 Å². The quantitative estimate of drug-likeness (QED) is 0.114. The summed E-state index contributed by atoms with van der Waals surface area (Å²) in [6.07, 6.45) is 0.971. The minimum atomic E-state index is -0.409. The zero-order valence-corrected chi connectivity index (χ0v) is 22.3. The average molecular weight is 544 g/mol. The van der Waals surface area contributed by atoms with E-state index < -0.39 is 17.2 Å². The molecule has 4 rings (SSSR count). The molecule has 0 saturated carbocycles. The van der Waals surface area contributed by atoms with Crippen molar-refractivity contribution in [3.05, 3.63) is 112 Å². The van der Waals surface area contributed by atoms with Gasteiger partial charge in [-0.15, -0.1) is 0 Å². The molecule has 0 bridgehead atoms. The van der Waals surface area contributed by atoms with Crippen LogP contribution in [-0.2, 0) is 4.79 Å². The minimum Gasteiger partial charge on any atom is -0.494 e. The van der Waals surface area contributed by atoms with E-state index in [-0.39, 0.29) is 22.9 Å². The Labute approximate surface area is 231 Å². The van der Waals surface area contributed by atoms with Gasteiger partial charge in [0.2, 0.25) is 0 Å². The normalized spacial score (nSPS) is 10.7. The summed E-state index contributed by atoms with van der Waals surface area (Å²) in [5.74, 6) is -0.0433. The second kappa shape index (κ2) is 12.8. The van der Waals surface area contributed by atoms with Gasteiger partial charge in [0.05, 0.1) is 23.5 Å². The highest BCUT2D eigenvalue weighted by molar-refractivity contribution is 6.11. The summed E-state index contributed by atoms with van der Waals surface area (Å²) in [5, 5.41) is 3.25. The standard InChI is InChI=1S/C31H30FN3O5/c1-3-29(37)40-27-8-5-4-7-26(27)34-17-6-18-39-23-12-10-22(11-13-23)35-28(36)16-14-24(31(35)33)30(38)21-9-15-25(32)20(2)19-21/h4-5,7-16,19,34H,3,6,17-18,33H2,1-2H3. The Kier molecular flexibility index (Phi) is 8.96. The smallest absolute Gasteiger partial charge is 0.310 e. The number of nitrogens with zero attached hydrogens (tertiary/aromatic N) is 1. The lowest BCUT2D eigenvalue weighted by molar-refractivity contribution is -0.133. The number of aromatic nitrogens is 1. The number of carbonyl (C=O) groups excluding carboxylic acids is 2. The molecule has 0 atom stereocenters. The van der Waals surface area contributed by atoms with Gasteiger partial charge in [0.15, 0.2) is 11.5 Å². The fourth-order valence-corrected chi connectivity index (χ4v) is 4.03. The number of hydrogen-bond donors (Lipinski definition) is 2. The Hall–Kier alpha value is -4.92. The average Bonchev–Trinajstić information content (AvgIpc) is 2.95. The summed E-state index contributed by atoms with van der Waals surface area (Å²) in [6, 6.07) is 20.8. The van der Waals surface area contributed by atoms with Crippen LogP contribution in [0.15, 0.2) is 83.7 Å². The number of hydrogen-bond acceptors (Lipinski definition) is 7. The number of benzene rings is 3. The highest BCUT2D eigenvalue weighted by atomic mass is 19.1. The molecule has 0 spiro atoms. The molecule has 1 heterocycles. The zero-order valence-electron chi connectivity index (χ0n) is 22.3. The second-order valence-corrected chi connectivity index (χ2v) is 9.05. The number of aryl methyl sites for hydroxylation is 1. The van der Waals surface area contributed by atoms with E-state index in [1.54, 1.807) is 50.2 Å². The second-order valence-electron chi connectivity index (χ2n) is 9.05. The maximum Gasteiger partial charge on any atom is 0.310 e.